The Kier molecular flexibility index (Phi) is 4.13. The molecule has 3 rings (SSSR count). The largest absolute Gasteiger partial charge is 0.392 e. The normalized spacial score (nSPS) is 22.5. The zero-order valence-electron chi connectivity index (χ0n) is 12.3. The van der Waals surface area contributed by atoms with Crippen molar-refractivity contribution in [2.24, 2.45) is 0 Å². The molecule has 4 nitrogen and oxygen atoms in total. The molecule has 1 aromatic carbocycles. The Bertz CT molecular complexity index is 630. The smallest absolute Gasteiger partial charge is 0.232 e. The van der Waals surface area contributed by atoms with E-state index in [0.717, 1.165) is 46.8 Å². The molecular weight excluding hydrogens is 332 g/mol. The maximum atomic E-state index is 10.1. The third-order valence-electron chi connectivity index (χ3n) is 4.18. The Morgan fingerprint density at radius 2 is 1.86 bits per heavy atom. The van der Waals surface area contributed by atoms with E-state index in [1.54, 1.807) is 0 Å². The van der Waals surface area contributed by atoms with Gasteiger partial charge < -0.3 is 9.63 Å². The second-order valence-electron chi connectivity index (χ2n) is 5.84. The molecule has 21 heavy (non-hydrogen) atoms. The number of hydrogen-bond donors (Lipinski definition) is 1. The van der Waals surface area contributed by atoms with Gasteiger partial charge in [0.15, 0.2) is 0 Å². The van der Waals surface area contributed by atoms with Crippen LogP contribution in [-0.4, -0.2) is 21.4 Å². The number of aromatic nitrogens is 2. The van der Waals surface area contributed by atoms with Crippen LogP contribution < -0.4 is 0 Å². The molecular formula is C16H19BrN2O2. The summed E-state index contributed by atoms with van der Waals surface area (Å²) in [7, 11) is 0. The van der Waals surface area contributed by atoms with Gasteiger partial charge in [-0.05, 0) is 49.9 Å². The van der Waals surface area contributed by atoms with E-state index >= 15 is 0 Å². The summed E-state index contributed by atoms with van der Waals surface area (Å²) in [6.45, 7) is 4.10. The summed E-state index contributed by atoms with van der Waals surface area (Å²) in [5.41, 5.74) is 3.25. The molecule has 1 heterocycles. The Morgan fingerprint density at radius 1 is 1.19 bits per heavy atom. The van der Waals surface area contributed by atoms with E-state index in [-0.39, 0.29) is 12.0 Å². The zero-order chi connectivity index (χ0) is 15.0. The molecule has 2 aromatic rings. The topological polar surface area (TPSA) is 59.2 Å². The number of nitrogens with zero attached hydrogens (tertiary/aromatic N) is 2. The summed E-state index contributed by atoms with van der Waals surface area (Å²) in [6, 6.07) is 4.09. The average molecular weight is 351 g/mol. The molecule has 112 valence electrons. The van der Waals surface area contributed by atoms with Gasteiger partial charge in [0.05, 0.1) is 12.0 Å². The fraction of sp³-hybridized carbons (Fsp3) is 0.500. The van der Waals surface area contributed by atoms with Crippen LogP contribution in [0, 0.1) is 13.8 Å². The van der Waals surface area contributed by atoms with Crippen molar-refractivity contribution in [3.63, 3.8) is 0 Å². The van der Waals surface area contributed by atoms with Crippen LogP contribution in [0.4, 0.5) is 0 Å². The molecule has 1 fully saturated rings. The van der Waals surface area contributed by atoms with Gasteiger partial charge >= 0.3 is 0 Å². The Balaban J connectivity index is 1.91. The van der Waals surface area contributed by atoms with E-state index in [1.165, 1.54) is 0 Å². The van der Waals surface area contributed by atoms with Crippen LogP contribution in [0.15, 0.2) is 21.1 Å². The first-order chi connectivity index (χ1) is 10.1. The van der Waals surface area contributed by atoms with E-state index in [0.29, 0.717) is 11.7 Å². The Hall–Kier alpha value is -1.20. The molecule has 2 unspecified atom stereocenters. The summed E-state index contributed by atoms with van der Waals surface area (Å²) in [6.07, 6.45) is 3.56. The van der Waals surface area contributed by atoms with Gasteiger partial charge in [-0.15, -0.1) is 0 Å². The van der Waals surface area contributed by atoms with Gasteiger partial charge in [0, 0.05) is 10.0 Å². The van der Waals surface area contributed by atoms with E-state index in [9.17, 15) is 5.11 Å². The highest BCUT2D eigenvalue weighted by molar-refractivity contribution is 9.10. The highest BCUT2D eigenvalue weighted by Crippen LogP contribution is 2.33. The van der Waals surface area contributed by atoms with Crippen molar-refractivity contribution in [2.75, 3.05) is 0 Å². The molecule has 1 aromatic heterocycles. The molecule has 1 saturated carbocycles. The van der Waals surface area contributed by atoms with Crippen molar-refractivity contribution in [3.8, 4) is 11.4 Å². The summed E-state index contributed by atoms with van der Waals surface area (Å²) >= 11 is 3.56. The minimum absolute atomic E-state index is 0.0161. The summed E-state index contributed by atoms with van der Waals surface area (Å²) in [5, 5.41) is 14.2. The molecule has 1 aliphatic rings. The first-order valence-corrected chi connectivity index (χ1v) is 8.14. The minimum Gasteiger partial charge on any atom is -0.392 e. The SMILES string of the molecule is Cc1cc(-c2noc(C3CCCCC3O)n2)cc(C)c1Br. The van der Waals surface area contributed by atoms with Crippen LogP contribution in [0.1, 0.15) is 48.6 Å². The lowest BCUT2D eigenvalue weighted by Gasteiger charge is -2.24. The van der Waals surface area contributed by atoms with Crippen molar-refractivity contribution in [1.29, 1.82) is 0 Å². The molecule has 1 N–H and O–H groups in total. The monoisotopic (exact) mass is 350 g/mol. The highest BCUT2D eigenvalue weighted by atomic mass is 79.9. The van der Waals surface area contributed by atoms with E-state index in [4.69, 9.17) is 4.52 Å². The van der Waals surface area contributed by atoms with E-state index < -0.39 is 0 Å². The van der Waals surface area contributed by atoms with Crippen LogP contribution in [0.25, 0.3) is 11.4 Å². The summed E-state index contributed by atoms with van der Waals surface area (Å²) < 4.78 is 6.52. The van der Waals surface area contributed by atoms with Gasteiger partial charge in [-0.3, -0.25) is 0 Å². The third kappa shape index (κ3) is 2.90. The first kappa shape index (κ1) is 14.7. The fourth-order valence-corrected chi connectivity index (χ4v) is 3.21. The number of aliphatic hydroxyl groups excluding tert-OH is 1. The van der Waals surface area contributed by atoms with Gasteiger partial charge in [-0.1, -0.05) is 33.9 Å². The number of hydrogen-bond acceptors (Lipinski definition) is 4. The van der Waals surface area contributed by atoms with Gasteiger partial charge in [0.2, 0.25) is 11.7 Å². The zero-order valence-corrected chi connectivity index (χ0v) is 13.9. The molecule has 0 amide bonds. The van der Waals surface area contributed by atoms with Gasteiger partial charge in [0.1, 0.15) is 0 Å². The predicted molar refractivity (Wildman–Crippen MR) is 84.1 cm³/mol. The van der Waals surface area contributed by atoms with Gasteiger partial charge in [-0.2, -0.15) is 4.98 Å². The van der Waals surface area contributed by atoms with Crippen molar-refractivity contribution < 1.29 is 9.63 Å². The molecule has 5 heteroatoms. The fourth-order valence-electron chi connectivity index (χ4n) is 2.98. The van der Waals surface area contributed by atoms with Crippen LogP contribution >= 0.6 is 15.9 Å². The van der Waals surface area contributed by atoms with Crippen LogP contribution in [0.2, 0.25) is 0 Å². The predicted octanol–water partition coefficient (Wildman–Crippen LogP) is 4.13. The van der Waals surface area contributed by atoms with Crippen molar-refractivity contribution in [2.45, 2.75) is 51.6 Å². The molecule has 0 spiro atoms. The summed E-state index contributed by atoms with van der Waals surface area (Å²) in [5.74, 6) is 1.15. The van der Waals surface area contributed by atoms with Crippen LogP contribution in [0.5, 0.6) is 0 Å². The molecule has 0 radical (unpaired) electrons. The third-order valence-corrected chi connectivity index (χ3v) is 5.43. The number of rotatable bonds is 2. The quantitative estimate of drug-likeness (QED) is 0.884. The van der Waals surface area contributed by atoms with Gasteiger partial charge in [-0.25, -0.2) is 0 Å². The standard InChI is InChI=1S/C16H19BrN2O2/c1-9-7-11(8-10(2)14(9)17)15-18-16(21-19-15)12-5-3-4-6-13(12)20/h7-8,12-13,20H,3-6H2,1-2H3. The van der Waals surface area contributed by atoms with Crippen molar-refractivity contribution in [1.82, 2.24) is 10.1 Å². The minimum atomic E-state index is -0.361. The molecule has 2 atom stereocenters. The molecule has 1 aliphatic carbocycles. The average Bonchev–Trinajstić information content (AvgIpc) is 2.94. The molecule has 0 saturated heterocycles. The van der Waals surface area contributed by atoms with Gasteiger partial charge in [0.25, 0.3) is 0 Å². The Labute approximate surface area is 132 Å². The number of halogens is 1. The number of benzene rings is 1. The van der Waals surface area contributed by atoms with Crippen molar-refractivity contribution >= 4 is 15.9 Å². The lowest BCUT2D eigenvalue weighted by atomic mass is 9.86. The van der Waals surface area contributed by atoms with Crippen LogP contribution in [0.3, 0.4) is 0 Å². The van der Waals surface area contributed by atoms with E-state index in [1.807, 2.05) is 26.0 Å². The lowest BCUT2D eigenvalue weighted by Crippen LogP contribution is -2.22. The van der Waals surface area contributed by atoms with Crippen molar-refractivity contribution in [3.05, 3.63) is 33.6 Å². The first-order valence-electron chi connectivity index (χ1n) is 7.35. The highest BCUT2D eigenvalue weighted by Gasteiger charge is 2.29. The number of aryl methyl sites for hydroxylation is 2. The molecule has 0 bridgehead atoms. The Morgan fingerprint density at radius 3 is 2.52 bits per heavy atom. The van der Waals surface area contributed by atoms with Crippen LogP contribution in [-0.2, 0) is 0 Å². The molecule has 0 aliphatic heterocycles. The second-order valence-corrected chi connectivity index (χ2v) is 6.63. The maximum Gasteiger partial charge on any atom is 0.232 e. The van der Waals surface area contributed by atoms with E-state index in [2.05, 4.69) is 26.1 Å². The number of aliphatic hydroxyl groups is 1. The lowest BCUT2D eigenvalue weighted by molar-refractivity contribution is 0.0908. The maximum absolute atomic E-state index is 10.1. The second kappa shape index (κ2) is 5.89. The summed E-state index contributed by atoms with van der Waals surface area (Å²) in [4.78, 5) is 4.51.